The molecule has 0 bridgehead atoms. The van der Waals surface area contributed by atoms with E-state index in [-0.39, 0.29) is 18.6 Å². The molecule has 0 aliphatic carbocycles. The van der Waals surface area contributed by atoms with Gasteiger partial charge in [0.05, 0.1) is 13.2 Å². The summed E-state index contributed by atoms with van der Waals surface area (Å²) >= 11 is 1.58. The zero-order chi connectivity index (χ0) is 24.6. The van der Waals surface area contributed by atoms with E-state index in [1.165, 1.54) is 0 Å². The first-order chi connectivity index (χ1) is 17.0. The van der Waals surface area contributed by atoms with Gasteiger partial charge >= 0.3 is 0 Å². The number of benzene rings is 3. The number of methoxy groups -OCH3 is 1. The van der Waals surface area contributed by atoms with Gasteiger partial charge in [-0.15, -0.1) is 10.2 Å². The van der Waals surface area contributed by atoms with Crippen LogP contribution in [-0.2, 0) is 10.5 Å². The number of ether oxygens (including phenoxy) is 2. The van der Waals surface area contributed by atoms with E-state index in [0.717, 1.165) is 27.7 Å². The standard InChI is InChI=1S/C27H28N4O3S/c1-19-12-14-22(15-13-19)31-26(20(2)28-25(32)17-34-23-9-5-4-6-10-23)29-30-27(31)35-18-21-8-7-11-24(16-21)33-3/h4-16,20H,17-18H2,1-3H3,(H,28,32). The maximum absolute atomic E-state index is 12.6. The van der Waals surface area contributed by atoms with Crippen LogP contribution in [0.15, 0.2) is 84.0 Å². The molecule has 0 fully saturated rings. The number of hydrogen-bond donors (Lipinski definition) is 1. The fourth-order valence-corrected chi connectivity index (χ4v) is 4.42. The van der Waals surface area contributed by atoms with Gasteiger partial charge in [-0.25, -0.2) is 0 Å². The predicted molar refractivity (Wildman–Crippen MR) is 137 cm³/mol. The molecule has 0 saturated heterocycles. The maximum Gasteiger partial charge on any atom is 0.258 e. The molecule has 0 radical (unpaired) electrons. The van der Waals surface area contributed by atoms with Crippen molar-refractivity contribution in [2.75, 3.05) is 13.7 Å². The number of thioether (sulfide) groups is 1. The van der Waals surface area contributed by atoms with Gasteiger partial charge in [-0.3, -0.25) is 9.36 Å². The number of nitrogens with one attached hydrogen (secondary N) is 1. The first kappa shape index (κ1) is 24.3. The molecule has 1 atom stereocenters. The molecule has 180 valence electrons. The number of carbonyl (C=O) groups excluding carboxylic acids is 1. The van der Waals surface area contributed by atoms with E-state index >= 15 is 0 Å². The number of amides is 1. The molecule has 0 saturated carbocycles. The molecule has 1 N–H and O–H groups in total. The summed E-state index contributed by atoms with van der Waals surface area (Å²) in [5.41, 5.74) is 3.22. The second kappa shape index (κ2) is 11.6. The van der Waals surface area contributed by atoms with Crippen molar-refractivity contribution in [2.45, 2.75) is 30.8 Å². The second-order valence-corrected chi connectivity index (χ2v) is 8.99. The van der Waals surface area contributed by atoms with Gasteiger partial charge in [0.2, 0.25) is 0 Å². The Kier molecular flexibility index (Phi) is 8.05. The smallest absolute Gasteiger partial charge is 0.258 e. The van der Waals surface area contributed by atoms with E-state index in [1.807, 2.05) is 91.2 Å². The van der Waals surface area contributed by atoms with E-state index in [0.29, 0.717) is 17.3 Å². The molecular weight excluding hydrogens is 460 g/mol. The van der Waals surface area contributed by atoms with Crippen molar-refractivity contribution in [3.8, 4) is 17.2 Å². The molecule has 1 unspecified atom stereocenters. The van der Waals surface area contributed by atoms with Crippen molar-refractivity contribution >= 4 is 17.7 Å². The lowest BCUT2D eigenvalue weighted by Gasteiger charge is -2.17. The molecule has 1 heterocycles. The Morgan fingerprint density at radius 1 is 1.00 bits per heavy atom. The molecular formula is C27H28N4O3S. The fraction of sp³-hybridized carbons (Fsp3) is 0.222. The van der Waals surface area contributed by atoms with Crippen LogP contribution in [0.3, 0.4) is 0 Å². The SMILES string of the molecule is COc1cccc(CSc2nnc(C(C)NC(=O)COc3ccccc3)n2-c2ccc(C)cc2)c1. The van der Waals surface area contributed by atoms with Crippen LogP contribution in [0.25, 0.3) is 5.69 Å². The molecule has 8 heteroatoms. The Hall–Kier alpha value is -3.78. The Bertz CT molecular complexity index is 1260. The number of para-hydroxylation sites is 1. The molecule has 0 spiro atoms. The third kappa shape index (κ3) is 6.42. The van der Waals surface area contributed by atoms with Crippen LogP contribution in [0.4, 0.5) is 0 Å². The number of hydrogen-bond acceptors (Lipinski definition) is 6. The van der Waals surface area contributed by atoms with Crippen LogP contribution >= 0.6 is 11.8 Å². The molecule has 1 amide bonds. The van der Waals surface area contributed by atoms with Gasteiger partial charge in [0.25, 0.3) is 5.91 Å². The highest BCUT2D eigenvalue weighted by Crippen LogP contribution is 2.28. The number of nitrogens with zero attached hydrogens (tertiary/aromatic N) is 3. The van der Waals surface area contributed by atoms with E-state index in [4.69, 9.17) is 9.47 Å². The van der Waals surface area contributed by atoms with Gasteiger partial charge in [-0.1, -0.05) is 59.8 Å². The molecule has 0 aliphatic heterocycles. The lowest BCUT2D eigenvalue weighted by atomic mass is 10.2. The van der Waals surface area contributed by atoms with Crippen LogP contribution in [-0.4, -0.2) is 34.4 Å². The Morgan fingerprint density at radius 2 is 1.74 bits per heavy atom. The monoisotopic (exact) mass is 488 g/mol. The van der Waals surface area contributed by atoms with Gasteiger partial charge in [0.1, 0.15) is 11.5 Å². The lowest BCUT2D eigenvalue weighted by molar-refractivity contribution is -0.123. The van der Waals surface area contributed by atoms with Crippen molar-refractivity contribution in [1.29, 1.82) is 0 Å². The number of rotatable bonds is 10. The quantitative estimate of drug-likeness (QED) is 0.312. The summed E-state index contributed by atoms with van der Waals surface area (Å²) < 4.78 is 12.9. The summed E-state index contributed by atoms with van der Waals surface area (Å²) in [6.45, 7) is 3.86. The van der Waals surface area contributed by atoms with Crippen molar-refractivity contribution in [3.63, 3.8) is 0 Å². The number of aromatic nitrogens is 3. The molecule has 3 aromatic carbocycles. The second-order valence-electron chi connectivity index (χ2n) is 8.04. The minimum atomic E-state index is -0.373. The largest absolute Gasteiger partial charge is 0.497 e. The van der Waals surface area contributed by atoms with Crippen LogP contribution in [0.5, 0.6) is 11.5 Å². The van der Waals surface area contributed by atoms with E-state index in [1.54, 1.807) is 18.9 Å². The zero-order valence-electron chi connectivity index (χ0n) is 20.0. The van der Waals surface area contributed by atoms with E-state index < -0.39 is 0 Å². The summed E-state index contributed by atoms with van der Waals surface area (Å²) in [7, 11) is 1.66. The van der Waals surface area contributed by atoms with Gasteiger partial charge in [-0.2, -0.15) is 0 Å². The zero-order valence-corrected chi connectivity index (χ0v) is 20.8. The van der Waals surface area contributed by atoms with Crippen LogP contribution in [0.1, 0.15) is 29.9 Å². The van der Waals surface area contributed by atoms with Crippen LogP contribution in [0, 0.1) is 6.92 Å². The highest BCUT2D eigenvalue weighted by molar-refractivity contribution is 7.98. The first-order valence-corrected chi connectivity index (χ1v) is 12.3. The Morgan fingerprint density at radius 3 is 2.49 bits per heavy atom. The highest BCUT2D eigenvalue weighted by Gasteiger charge is 2.21. The molecule has 0 aliphatic rings. The average Bonchev–Trinajstić information content (AvgIpc) is 3.31. The molecule has 35 heavy (non-hydrogen) atoms. The third-order valence-electron chi connectivity index (χ3n) is 5.33. The van der Waals surface area contributed by atoms with Crippen molar-refractivity contribution in [2.24, 2.45) is 0 Å². The number of aryl methyl sites for hydroxylation is 1. The minimum absolute atomic E-state index is 0.0789. The molecule has 4 aromatic rings. The van der Waals surface area contributed by atoms with Crippen LogP contribution < -0.4 is 14.8 Å². The van der Waals surface area contributed by atoms with Crippen molar-refractivity contribution in [3.05, 3.63) is 95.8 Å². The van der Waals surface area contributed by atoms with Crippen molar-refractivity contribution < 1.29 is 14.3 Å². The lowest BCUT2D eigenvalue weighted by Crippen LogP contribution is -2.32. The molecule has 7 nitrogen and oxygen atoms in total. The van der Waals surface area contributed by atoms with Gasteiger partial charge < -0.3 is 14.8 Å². The molecule has 1 aromatic heterocycles. The maximum atomic E-state index is 12.6. The minimum Gasteiger partial charge on any atom is -0.497 e. The fourth-order valence-electron chi connectivity index (χ4n) is 3.52. The van der Waals surface area contributed by atoms with E-state index in [2.05, 4.69) is 21.6 Å². The van der Waals surface area contributed by atoms with Crippen molar-refractivity contribution in [1.82, 2.24) is 20.1 Å². The summed E-state index contributed by atoms with van der Waals surface area (Å²) in [5, 5.41) is 12.6. The van der Waals surface area contributed by atoms with E-state index in [9.17, 15) is 4.79 Å². The predicted octanol–water partition coefficient (Wildman–Crippen LogP) is 5.13. The summed E-state index contributed by atoms with van der Waals surface area (Å²) in [4.78, 5) is 12.6. The van der Waals surface area contributed by atoms with Gasteiger partial charge in [-0.05, 0) is 55.8 Å². The Labute approximate surface area is 209 Å². The first-order valence-electron chi connectivity index (χ1n) is 11.3. The Balaban J connectivity index is 1.52. The number of carbonyl (C=O) groups is 1. The van der Waals surface area contributed by atoms with Gasteiger partial charge in [0.15, 0.2) is 17.6 Å². The topological polar surface area (TPSA) is 78.3 Å². The summed E-state index contributed by atoms with van der Waals surface area (Å²) in [5.74, 6) is 2.58. The average molecular weight is 489 g/mol. The normalized spacial score (nSPS) is 11.6. The third-order valence-corrected chi connectivity index (χ3v) is 6.33. The highest BCUT2D eigenvalue weighted by atomic mass is 32.2. The summed E-state index contributed by atoms with van der Waals surface area (Å²) in [6, 6.07) is 25.0. The summed E-state index contributed by atoms with van der Waals surface area (Å²) in [6.07, 6.45) is 0. The molecule has 4 rings (SSSR count). The van der Waals surface area contributed by atoms with Gasteiger partial charge in [0, 0.05) is 11.4 Å². The van der Waals surface area contributed by atoms with Crippen LogP contribution in [0.2, 0.25) is 0 Å².